The van der Waals surface area contributed by atoms with Crippen molar-refractivity contribution >= 4 is 29.4 Å². The van der Waals surface area contributed by atoms with Crippen LogP contribution in [0.1, 0.15) is 60.5 Å². The average Bonchev–Trinajstić information content (AvgIpc) is 3.53. The predicted molar refractivity (Wildman–Crippen MR) is 132 cm³/mol. The van der Waals surface area contributed by atoms with Gasteiger partial charge in [0.15, 0.2) is 12.3 Å². The summed E-state index contributed by atoms with van der Waals surface area (Å²) in [7, 11) is 0. The Labute approximate surface area is 207 Å². The Kier molecular flexibility index (Phi) is 6.67. The van der Waals surface area contributed by atoms with Crippen molar-refractivity contribution in [2.45, 2.75) is 50.6 Å². The maximum Gasteiger partial charge on any atom is 0.255 e. The first-order valence-electron chi connectivity index (χ1n) is 12.2. The molecule has 3 aromatic rings. The zero-order chi connectivity index (χ0) is 25.2. The van der Waals surface area contributed by atoms with E-state index in [0.29, 0.717) is 42.5 Å². The number of ether oxygens (including phenoxy) is 1. The molecular formula is C26H28F2N6O2. The van der Waals surface area contributed by atoms with Crippen LogP contribution in [0.15, 0.2) is 42.7 Å². The number of hydrogen-bond donors (Lipinski definition) is 3. The number of amides is 1. The smallest absolute Gasteiger partial charge is 0.255 e. The summed E-state index contributed by atoms with van der Waals surface area (Å²) in [6.07, 6.45) is 8.52. The van der Waals surface area contributed by atoms with Crippen molar-refractivity contribution in [2.24, 2.45) is 5.92 Å². The molecule has 2 fully saturated rings. The van der Waals surface area contributed by atoms with Gasteiger partial charge in [0.05, 0.1) is 23.3 Å². The lowest BCUT2D eigenvalue weighted by molar-refractivity contribution is 0.0926. The molecule has 0 spiro atoms. The molecule has 1 aliphatic carbocycles. The van der Waals surface area contributed by atoms with Gasteiger partial charge in [0.2, 0.25) is 0 Å². The van der Waals surface area contributed by atoms with Gasteiger partial charge in [0.1, 0.15) is 11.6 Å². The van der Waals surface area contributed by atoms with E-state index in [1.54, 1.807) is 16.9 Å². The third kappa shape index (κ3) is 4.67. The van der Waals surface area contributed by atoms with Gasteiger partial charge >= 0.3 is 0 Å². The Morgan fingerprint density at radius 1 is 1.14 bits per heavy atom. The first-order chi connectivity index (χ1) is 17.4. The van der Waals surface area contributed by atoms with E-state index in [4.69, 9.17) is 15.6 Å². The molecule has 0 bridgehead atoms. The summed E-state index contributed by atoms with van der Waals surface area (Å²) >= 11 is 0. The Morgan fingerprint density at radius 3 is 2.72 bits per heavy atom. The van der Waals surface area contributed by atoms with Crippen molar-refractivity contribution in [2.75, 3.05) is 11.4 Å². The van der Waals surface area contributed by atoms with Crippen molar-refractivity contribution in [1.82, 2.24) is 14.9 Å². The quantitative estimate of drug-likeness (QED) is 0.337. The van der Waals surface area contributed by atoms with Gasteiger partial charge in [-0.05, 0) is 68.9 Å². The fourth-order valence-electron chi connectivity index (χ4n) is 5.41. The van der Waals surface area contributed by atoms with Crippen LogP contribution >= 0.6 is 0 Å². The number of pyridine rings is 1. The molecule has 5 rings (SSSR count). The Morgan fingerprint density at radius 2 is 1.94 bits per heavy atom. The Bertz CT molecular complexity index is 1300. The zero-order valence-corrected chi connectivity index (χ0v) is 19.7. The molecule has 188 valence electrons. The lowest BCUT2D eigenvalue weighted by atomic mass is 9.86. The highest BCUT2D eigenvalue weighted by Crippen LogP contribution is 2.38. The van der Waals surface area contributed by atoms with Gasteiger partial charge in [0.25, 0.3) is 5.91 Å². The van der Waals surface area contributed by atoms with E-state index in [2.05, 4.69) is 15.3 Å². The summed E-state index contributed by atoms with van der Waals surface area (Å²) in [5.41, 5.74) is 2.26. The van der Waals surface area contributed by atoms with E-state index in [-0.39, 0.29) is 29.8 Å². The topological polar surface area (TPSA) is 107 Å². The number of fused-ring (bicyclic) bond motifs is 1. The number of benzene rings is 1. The maximum atomic E-state index is 14.5. The van der Waals surface area contributed by atoms with Crippen LogP contribution in [0.2, 0.25) is 0 Å². The number of nitrogens with one attached hydrogen (secondary N) is 3. The minimum absolute atomic E-state index is 0.0152. The Hall–Kier alpha value is -3.82. The van der Waals surface area contributed by atoms with Gasteiger partial charge in [0, 0.05) is 36.0 Å². The minimum Gasteiger partial charge on any atom is -0.432 e. The second kappa shape index (κ2) is 10.0. The number of anilines is 1. The van der Waals surface area contributed by atoms with Gasteiger partial charge in [-0.3, -0.25) is 15.6 Å². The number of nitrogens with zero attached hydrogens (tertiary/aromatic N) is 3. The van der Waals surface area contributed by atoms with Crippen LogP contribution in [0.4, 0.5) is 14.5 Å². The summed E-state index contributed by atoms with van der Waals surface area (Å²) in [5.74, 6) is -1.03. The number of halogens is 2. The molecule has 10 heteroatoms. The molecule has 36 heavy (non-hydrogen) atoms. The molecule has 2 aromatic heterocycles. The van der Waals surface area contributed by atoms with E-state index >= 15 is 0 Å². The Balaban J connectivity index is 1.33. The predicted octanol–water partition coefficient (Wildman–Crippen LogP) is 4.84. The monoisotopic (exact) mass is 494 g/mol. The van der Waals surface area contributed by atoms with Crippen LogP contribution < -0.4 is 10.2 Å². The van der Waals surface area contributed by atoms with Gasteiger partial charge in [-0.25, -0.2) is 13.3 Å². The van der Waals surface area contributed by atoms with E-state index in [0.717, 1.165) is 37.4 Å². The highest BCUT2D eigenvalue weighted by molar-refractivity contribution is 6.01. The van der Waals surface area contributed by atoms with E-state index in [1.807, 2.05) is 12.1 Å². The highest BCUT2D eigenvalue weighted by Gasteiger charge is 2.30. The number of rotatable bonds is 6. The van der Waals surface area contributed by atoms with Crippen LogP contribution in [-0.2, 0) is 4.74 Å². The SMILES string of the molecule is N=COC(=N)[C@H]1CC[C@H](NC(=O)c2cnn3ccc(N4CCC[C@@H]4c4cc(F)ccc4F)cc23)CC1. The van der Waals surface area contributed by atoms with Gasteiger partial charge in [-0.2, -0.15) is 5.10 Å². The summed E-state index contributed by atoms with van der Waals surface area (Å²) in [4.78, 5) is 15.2. The van der Waals surface area contributed by atoms with E-state index < -0.39 is 11.6 Å². The third-order valence-electron chi connectivity index (χ3n) is 7.27. The van der Waals surface area contributed by atoms with Crippen molar-refractivity contribution in [3.05, 3.63) is 65.5 Å². The van der Waals surface area contributed by atoms with Crippen LogP contribution in [0, 0.1) is 28.4 Å². The van der Waals surface area contributed by atoms with Gasteiger partial charge in [-0.15, -0.1) is 0 Å². The molecule has 1 aromatic carbocycles. The average molecular weight is 495 g/mol. The molecule has 3 N–H and O–H groups in total. The highest BCUT2D eigenvalue weighted by atomic mass is 19.1. The molecule has 2 aliphatic rings. The third-order valence-corrected chi connectivity index (χ3v) is 7.27. The second-order valence-corrected chi connectivity index (χ2v) is 9.41. The van der Waals surface area contributed by atoms with Gasteiger partial charge in [-0.1, -0.05) is 0 Å². The van der Waals surface area contributed by atoms with Crippen LogP contribution in [0.25, 0.3) is 5.52 Å². The largest absolute Gasteiger partial charge is 0.432 e. The standard InChI is InChI=1S/C26H28F2N6O2/c27-17-5-8-22(28)20(12-17)23-2-1-10-33(23)19-9-11-34-24(13-19)21(14-31-34)26(35)32-18-6-3-16(4-7-18)25(30)36-15-29/h5,8-9,11-16,18,23,29-30H,1-4,6-7,10H2,(H,32,35)/t16-,18-,23-/m1/s1. The van der Waals surface area contributed by atoms with E-state index in [1.165, 1.54) is 12.1 Å². The van der Waals surface area contributed by atoms with Gasteiger partial charge < -0.3 is 15.0 Å². The minimum atomic E-state index is -0.462. The molecule has 0 unspecified atom stereocenters. The molecule has 1 saturated carbocycles. The van der Waals surface area contributed by atoms with Crippen molar-refractivity contribution in [1.29, 1.82) is 10.8 Å². The number of hydrogen-bond acceptors (Lipinski definition) is 6. The molecule has 1 saturated heterocycles. The molecule has 3 heterocycles. The van der Waals surface area contributed by atoms with Crippen molar-refractivity contribution in [3.63, 3.8) is 0 Å². The first-order valence-corrected chi connectivity index (χ1v) is 12.2. The van der Waals surface area contributed by atoms with Crippen molar-refractivity contribution in [3.8, 4) is 0 Å². The normalized spacial score (nSPS) is 21.9. The lowest BCUT2D eigenvalue weighted by Gasteiger charge is -2.28. The number of aromatic nitrogens is 2. The maximum absolute atomic E-state index is 14.5. The molecule has 8 nitrogen and oxygen atoms in total. The van der Waals surface area contributed by atoms with E-state index in [9.17, 15) is 13.6 Å². The summed E-state index contributed by atoms with van der Waals surface area (Å²) in [6, 6.07) is 7.02. The fraction of sp³-hybridized carbons (Fsp3) is 0.385. The van der Waals surface area contributed by atoms with Crippen molar-refractivity contribution < 1.29 is 18.3 Å². The lowest BCUT2D eigenvalue weighted by Crippen LogP contribution is -2.38. The fourth-order valence-corrected chi connectivity index (χ4v) is 5.41. The summed E-state index contributed by atoms with van der Waals surface area (Å²) in [5, 5.41) is 22.3. The second-order valence-electron chi connectivity index (χ2n) is 9.41. The molecular weight excluding hydrogens is 466 g/mol. The van der Waals surface area contributed by atoms with Crippen LogP contribution in [-0.4, -0.2) is 40.4 Å². The number of carbonyl (C=O) groups excluding carboxylic acids is 1. The molecule has 0 radical (unpaired) electrons. The summed E-state index contributed by atoms with van der Waals surface area (Å²) < 4.78 is 34.9. The summed E-state index contributed by atoms with van der Waals surface area (Å²) in [6.45, 7) is 0.701. The first kappa shape index (κ1) is 23.9. The van der Waals surface area contributed by atoms with Crippen LogP contribution in [0.3, 0.4) is 0 Å². The number of carbonyl (C=O) groups is 1. The molecule has 1 aliphatic heterocycles. The molecule has 1 atom stereocenters. The zero-order valence-electron chi connectivity index (χ0n) is 19.7. The van der Waals surface area contributed by atoms with Crippen LogP contribution in [0.5, 0.6) is 0 Å². The molecule has 1 amide bonds.